The van der Waals surface area contributed by atoms with Gasteiger partial charge in [0.2, 0.25) is 0 Å². The van der Waals surface area contributed by atoms with Crippen molar-refractivity contribution in [3.63, 3.8) is 0 Å². The van der Waals surface area contributed by atoms with Gasteiger partial charge in [-0.3, -0.25) is 4.98 Å². The van der Waals surface area contributed by atoms with E-state index in [9.17, 15) is 9.90 Å². The average molecular weight is 703 g/mol. The van der Waals surface area contributed by atoms with E-state index in [4.69, 9.17) is 30.5 Å². The van der Waals surface area contributed by atoms with Crippen molar-refractivity contribution in [2.45, 2.75) is 107 Å². The van der Waals surface area contributed by atoms with Gasteiger partial charge in [0.25, 0.3) is 0 Å². The summed E-state index contributed by atoms with van der Waals surface area (Å²) in [6.07, 6.45) is 11.3. The topological polar surface area (TPSA) is 99.1 Å². The van der Waals surface area contributed by atoms with Crippen molar-refractivity contribution in [3.8, 4) is 17.2 Å². The molecule has 2 heterocycles. The Morgan fingerprint density at radius 2 is 1.98 bits per heavy atom. The van der Waals surface area contributed by atoms with Crippen molar-refractivity contribution in [2.75, 3.05) is 32.2 Å². The first-order chi connectivity index (χ1) is 24.2. The van der Waals surface area contributed by atoms with Crippen LogP contribution in [0.3, 0.4) is 0 Å². The number of esters is 1. The van der Waals surface area contributed by atoms with Crippen LogP contribution in [0.25, 0.3) is 0 Å². The Morgan fingerprint density at radius 3 is 2.76 bits per heavy atom. The predicted octanol–water partition coefficient (Wildman–Crippen LogP) is 8.20. The van der Waals surface area contributed by atoms with Gasteiger partial charge in [-0.1, -0.05) is 31.5 Å². The Hall–Kier alpha value is -3.49. The smallest absolute Gasteiger partial charge is 0.331 e. The molecule has 1 saturated carbocycles. The lowest BCUT2D eigenvalue weighted by molar-refractivity contribution is -0.148. The van der Waals surface area contributed by atoms with E-state index < -0.39 is 5.54 Å². The van der Waals surface area contributed by atoms with Crippen LogP contribution in [0.1, 0.15) is 99.9 Å². The van der Waals surface area contributed by atoms with Gasteiger partial charge < -0.3 is 29.4 Å². The molecular formula is C41H51ClN2O6. The number of rotatable bonds is 10. The van der Waals surface area contributed by atoms with Crippen LogP contribution >= 0.6 is 11.6 Å². The van der Waals surface area contributed by atoms with Crippen LogP contribution in [-0.4, -0.2) is 54.6 Å². The minimum atomic E-state index is -0.860. The molecule has 7 rings (SSSR count). The zero-order chi connectivity index (χ0) is 34.9. The minimum Gasteiger partial charge on any atom is -0.493 e. The summed E-state index contributed by atoms with van der Waals surface area (Å²) in [5, 5.41) is 13.9. The molecule has 2 N–H and O–H groups in total. The summed E-state index contributed by atoms with van der Waals surface area (Å²) in [6, 6.07) is 14.0. The maximum absolute atomic E-state index is 13.6. The van der Waals surface area contributed by atoms with Gasteiger partial charge in [0.05, 0.1) is 20.3 Å². The zero-order valence-electron chi connectivity index (χ0n) is 29.6. The van der Waals surface area contributed by atoms with Gasteiger partial charge in [0, 0.05) is 47.6 Å². The van der Waals surface area contributed by atoms with Crippen LogP contribution in [0.4, 0.5) is 5.69 Å². The van der Waals surface area contributed by atoms with E-state index in [1.54, 1.807) is 0 Å². The number of hydrogen-bond acceptors (Lipinski definition) is 8. The molecule has 0 bridgehead atoms. The zero-order valence-corrected chi connectivity index (χ0v) is 30.4. The van der Waals surface area contributed by atoms with Crippen LogP contribution < -0.4 is 19.5 Å². The van der Waals surface area contributed by atoms with Gasteiger partial charge in [-0.05, 0) is 128 Å². The fourth-order valence-corrected chi connectivity index (χ4v) is 9.58. The molecule has 0 radical (unpaired) electrons. The SMILES string of the molecule is COC(=O)C1(Nc2cccc(Cl)c2)CCC2(CC1)c1cc3c(cc1C[C@@H]2C[C@@H](C)COc1ccnc2c1[C@H](C)CCC2)OCCC(CCO)O3. The Labute approximate surface area is 301 Å². The lowest BCUT2D eigenvalue weighted by Crippen LogP contribution is -2.53. The Bertz CT molecular complexity index is 1690. The van der Waals surface area contributed by atoms with Crippen LogP contribution in [0, 0.1) is 11.8 Å². The van der Waals surface area contributed by atoms with Crippen LogP contribution in [0.5, 0.6) is 17.2 Å². The summed E-state index contributed by atoms with van der Waals surface area (Å²) < 4.78 is 24.8. The molecule has 1 unspecified atom stereocenters. The van der Waals surface area contributed by atoms with Crippen molar-refractivity contribution in [1.82, 2.24) is 4.98 Å². The highest BCUT2D eigenvalue weighted by Crippen LogP contribution is 2.58. The second-order valence-electron chi connectivity index (χ2n) is 15.2. The van der Waals surface area contributed by atoms with Gasteiger partial charge in [-0.2, -0.15) is 0 Å². The number of aromatic nitrogens is 1. The molecule has 1 spiro atoms. The number of hydrogen-bond donors (Lipinski definition) is 2. The summed E-state index contributed by atoms with van der Waals surface area (Å²) in [5.74, 6) is 3.41. The maximum atomic E-state index is 13.6. The number of benzene rings is 2. The molecule has 8 nitrogen and oxygen atoms in total. The first-order valence-electron chi connectivity index (χ1n) is 18.5. The monoisotopic (exact) mass is 702 g/mol. The first kappa shape index (κ1) is 34.9. The largest absolute Gasteiger partial charge is 0.493 e. The molecule has 9 heteroatoms. The van der Waals surface area contributed by atoms with Gasteiger partial charge in [-0.15, -0.1) is 0 Å². The number of carbonyl (C=O) groups excluding carboxylic acids is 1. The fourth-order valence-electron chi connectivity index (χ4n) is 9.39. The molecule has 2 aromatic carbocycles. The molecule has 1 aliphatic heterocycles. The highest BCUT2D eigenvalue weighted by molar-refractivity contribution is 6.30. The first-order valence-corrected chi connectivity index (χ1v) is 18.9. The number of halogens is 1. The molecule has 3 aliphatic carbocycles. The molecule has 1 fully saturated rings. The van der Waals surface area contributed by atoms with E-state index >= 15 is 0 Å². The molecule has 0 saturated heterocycles. The number of carbonyl (C=O) groups is 1. The van der Waals surface area contributed by atoms with E-state index in [1.807, 2.05) is 36.5 Å². The molecule has 50 heavy (non-hydrogen) atoms. The molecule has 268 valence electrons. The number of nitrogens with zero attached hydrogens (tertiary/aromatic N) is 1. The molecule has 4 aliphatic rings. The quantitative estimate of drug-likeness (QED) is 0.204. The summed E-state index contributed by atoms with van der Waals surface area (Å²) >= 11 is 6.34. The molecule has 4 atom stereocenters. The average Bonchev–Trinajstić information content (AvgIpc) is 3.23. The minimum absolute atomic E-state index is 0.0767. The Balaban J connectivity index is 1.17. The number of fused-ring (bicyclic) bond motifs is 4. The third-order valence-corrected chi connectivity index (χ3v) is 12.2. The van der Waals surface area contributed by atoms with Gasteiger partial charge in [0.1, 0.15) is 17.4 Å². The highest BCUT2D eigenvalue weighted by Gasteiger charge is 2.55. The second kappa shape index (κ2) is 14.6. The number of aliphatic hydroxyl groups is 1. The number of aryl methyl sites for hydroxylation is 1. The molecule has 1 aromatic heterocycles. The number of nitrogens with one attached hydrogen (secondary N) is 1. The summed E-state index contributed by atoms with van der Waals surface area (Å²) in [7, 11) is 1.47. The van der Waals surface area contributed by atoms with Crippen molar-refractivity contribution >= 4 is 23.3 Å². The normalized spacial score (nSPS) is 27.5. The van der Waals surface area contributed by atoms with Gasteiger partial charge in [-0.25, -0.2) is 4.79 Å². The van der Waals surface area contributed by atoms with Gasteiger partial charge >= 0.3 is 5.97 Å². The van der Waals surface area contributed by atoms with Crippen molar-refractivity contribution in [2.24, 2.45) is 11.8 Å². The van der Waals surface area contributed by atoms with Crippen molar-refractivity contribution in [3.05, 3.63) is 76.1 Å². The van der Waals surface area contributed by atoms with E-state index in [0.29, 0.717) is 55.3 Å². The summed E-state index contributed by atoms with van der Waals surface area (Å²) in [6.45, 7) is 5.87. The van der Waals surface area contributed by atoms with Crippen LogP contribution in [0.2, 0.25) is 5.02 Å². The van der Waals surface area contributed by atoms with E-state index in [0.717, 1.165) is 61.5 Å². The third-order valence-electron chi connectivity index (χ3n) is 12.0. The van der Waals surface area contributed by atoms with E-state index in [1.165, 1.54) is 42.3 Å². The maximum Gasteiger partial charge on any atom is 0.331 e. The number of anilines is 1. The lowest BCUT2D eigenvalue weighted by Gasteiger charge is -2.47. The lowest BCUT2D eigenvalue weighted by atomic mass is 9.59. The van der Waals surface area contributed by atoms with E-state index in [-0.39, 0.29) is 24.1 Å². The summed E-state index contributed by atoms with van der Waals surface area (Å²) in [4.78, 5) is 18.2. The van der Waals surface area contributed by atoms with Crippen LogP contribution in [-0.2, 0) is 27.8 Å². The highest BCUT2D eigenvalue weighted by atomic mass is 35.5. The van der Waals surface area contributed by atoms with Crippen molar-refractivity contribution in [1.29, 1.82) is 0 Å². The Kier molecular flexibility index (Phi) is 10.2. The molecule has 3 aromatic rings. The van der Waals surface area contributed by atoms with Gasteiger partial charge in [0.15, 0.2) is 11.5 Å². The standard InChI is InChI=1S/C41H51ClN2O6/c1-26(25-49-35-10-17-43-34-9-4-6-27(2)38(34)35)20-29-21-28-22-36-37(50-32(11-18-45)12-19-48-36)24-33(28)40(29)13-15-41(16-14-40,39(46)47-3)44-31-8-5-7-30(42)23-31/h5,7-8,10,17,22-24,26-27,29,32,44-45H,4,6,9,11-16,18-21,25H2,1-3H3/t26-,27-,29+,32?,40?,41?/m1/s1. The third kappa shape index (κ3) is 6.78. The fraction of sp³-hybridized carbons (Fsp3) is 0.561. The summed E-state index contributed by atoms with van der Waals surface area (Å²) in [5.41, 5.74) is 4.88. The van der Waals surface area contributed by atoms with Crippen LogP contribution in [0.15, 0.2) is 48.7 Å². The number of pyridine rings is 1. The number of ether oxygens (including phenoxy) is 4. The van der Waals surface area contributed by atoms with E-state index in [2.05, 4.69) is 36.3 Å². The second-order valence-corrected chi connectivity index (χ2v) is 15.7. The predicted molar refractivity (Wildman–Crippen MR) is 195 cm³/mol. The Morgan fingerprint density at radius 1 is 1.14 bits per heavy atom. The molecule has 0 amide bonds. The number of aliphatic hydroxyl groups excluding tert-OH is 1. The van der Waals surface area contributed by atoms with Crippen molar-refractivity contribution < 1.29 is 28.8 Å². The molecular weight excluding hydrogens is 652 g/mol. The number of methoxy groups -OCH3 is 1.